The van der Waals surface area contributed by atoms with Crippen molar-refractivity contribution >= 4 is 5.91 Å². The number of carbonyl (C=O) groups excluding carboxylic acids is 1. The molecule has 7 nitrogen and oxygen atoms in total. The van der Waals surface area contributed by atoms with Crippen molar-refractivity contribution in [3.63, 3.8) is 0 Å². The van der Waals surface area contributed by atoms with Gasteiger partial charge in [0.15, 0.2) is 0 Å². The normalized spacial score (nSPS) is 13.9. The minimum Gasteiger partial charge on any atom is -0.493 e. The molecule has 2 aromatic rings. The van der Waals surface area contributed by atoms with Gasteiger partial charge in [0.2, 0.25) is 5.91 Å². The number of ether oxygens (including phenoxy) is 3. The van der Waals surface area contributed by atoms with Crippen LogP contribution in [0.4, 0.5) is 4.39 Å². The molecule has 0 aromatic heterocycles. The second kappa shape index (κ2) is 15.6. The molecule has 200 valence electrons. The SMILES string of the molecule is CCNC(=O)C(CC(O)C(N)COCc1ccc(-c2ccc(F)cc2)c(OCCCOC)c1)C(C)C. The number of methoxy groups -OCH3 is 1. The molecule has 0 heterocycles. The van der Waals surface area contributed by atoms with Gasteiger partial charge in [-0.05, 0) is 48.6 Å². The summed E-state index contributed by atoms with van der Waals surface area (Å²) in [4.78, 5) is 12.3. The summed E-state index contributed by atoms with van der Waals surface area (Å²) in [6.45, 7) is 7.82. The Balaban J connectivity index is 2.00. The molecule has 8 heteroatoms. The summed E-state index contributed by atoms with van der Waals surface area (Å²) in [5.41, 5.74) is 8.75. The lowest BCUT2D eigenvalue weighted by atomic mass is 9.87. The molecule has 3 unspecified atom stereocenters. The monoisotopic (exact) mass is 504 g/mol. The number of nitrogens with two attached hydrogens (primary N) is 1. The van der Waals surface area contributed by atoms with Crippen LogP contribution in [0.25, 0.3) is 11.1 Å². The Kier molecular flexibility index (Phi) is 12.8. The van der Waals surface area contributed by atoms with E-state index in [4.69, 9.17) is 19.9 Å². The third-order valence-corrected chi connectivity index (χ3v) is 6.01. The summed E-state index contributed by atoms with van der Waals surface area (Å²) in [7, 11) is 1.65. The molecule has 0 radical (unpaired) electrons. The molecule has 0 bridgehead atoms. The number of aliphatic hydroxyl groups excluding tert-OH is 1. The fraction of sp³-hybridized carbons (Fsp3) is 0.536. The van der Waals surface area contributed by atoms with E-state index in [-0.39, 0.29) is 43.2 Å². The van der Waals surface area contributed by atoms with E-state index < -0.39 is 12.1 Å². The van der Waals surface area contributed by atoms with Gasteiger partial charge in [0.1, 0.15) is 11.6 Å². The Morgan fingerprint density at radius 1 is 1.14 bits per heavy atom. The van der Waals surface area contributed by atoms with Gasteiger partial charge in [0, 0.05) is 38.2 Å². The minimum absolute atomic E-state index is 0.0704. The predicted molar refractivity (Wildman–Crippen MR) is 139 cm³/mol. The first-order valence-corrected chi connectivity index (χ1v) is 12.6. The van der Waals surface area contributed by atoms with Crippen LogP contribution in [-0.4, -0.2) is 56.6 Å². The number of amides is 1. The molecule has 3 atom stereocenters. The van der Waals surface area contributed by atoms with Gasteiger partial charge in [0.05, 0.1) is 32.0 Å². The maximum atomic E-state index is 13.4. The smallest absolute Gasteiger partial charge is 0.223 e. The van der Waals surface area contributed by atoms with Crippen LogP contribution < -0.4 is 15.8 Å². The van der Waals surface area contributed by atoms with Crippen LogP contribution in [0.1, 0.15) is 39.2 Å². The van der Waals surface area contributed by atoms with Crippen molar-refractivity contribution in [3.8, 4) is 16.9 Å². The highest BCUT2D eigenvalue weighted by molar-refractivity contribution is 5.78. The lowest BCUT2D eigenvalue weighted by Crippen LogP contribution is -2.43. The molecule has 0 aliphatic rings. The summed E-state index contributed by atoms with van der Waals surface area (Å²) < 4.78 is 30.3. The zero-order chi connectivity index (χ0) is 26.5. The standard InChI is InChI=1S/C28H41FN2O5/c1-5-31-28(33)24(19(2)3)16-26(32)25(30)18-35-17-20-7-12-23(21-8-10-22(29)11-9-21)27(15-20)36-14-6-13-34-4/h7-12,15,19,24-26,32H,5-6,13-14,16-18,30H2,1-4H3,(H,31,33). The Hall–Kier alpha value is -2.52. The van der Waals surface area contributed by atoms with Gasteiger partial charge in [-0.1, -0.05) is 38.1 Å². The minimum atomic E-state index is -0.861. The average molecular weight is 505 g/mol. The first kappa shape index (κ1) is 29.7. The van der Waals surface area contributed by atoms with E-state index >= 15 is 0 Å². The average Bonchev–Trinajstić information content (AvgIpc) is 2.85. The molecule has 0 spiro atoms. The molecule has 0 aliphatic carbocycles. The zero-order valence-electron chi connectivity index (χ0n) is 21.8. The quantitative estimate of drug-likeness (QED) is 0.300. The van der Waals surface area contributed by atoms with Gasteiger partial charge in [-0.2, -0.15) is 0 Å². The lowest BCUT2D eigenvalue weighted by molar-refractivity contribution is -0.127. The van der Waals surface area contributed by atoms with Crippen LogP contribution in [0.15, 0.2) is 42.5 Å². The molecule has 0 fully saturated rings. The second-order valence-corrected chi connectivity index (χ2v) is 9.26. The van der Waals surface area contributed by atoms with Crippen molar-refractivity contribution in [2.45, 2.75) is 52.4 Å². The van der Waals surface area contributed by atoms with Crippen LogP contribution in [-0.2, 0) is 20.9 Å². The van der Waals surface area contributed by atoms with E-state index in [9.17, 15) is 14.3 Å². The van der Waals surface area contributed by atoms with E-state index in [1.54, 1.807) is 19.2 Å². The van der Waals surface area contributed by atoms with Gasteiger partial charge >= 0.3 is 0 Å². The van der Waals surface area contributed by atoms with Gasteiger partial charge in [-0.3, -0.25) is 4.79 Å². The number of hydrogen-bond acceptors (Lipinski definition) is 6. The Labute approximate surface area is 214 Å². The van der Waals surface area contributed by atoms with Crippen molar-refractivity contribution in [2.75, 3.05) is 33.5 Å². The van der Waals surface area contributed by atoms with E-state index in [1.807, 2.05) is 39.0 Å². The molecular formula is C28H41FN2O5. The highest BCUT2D eigenvalue weighted by atomic mass is 19.1. The van der Waals surface area contributed by atoms with Crippen LogP contribution in [0.3, 0.4) is 0 Å². The lowest BCUT2D eigenvalue weighted by Gasteiger charge is -2.26. The molecule has 1 amide bonds. The molecule has 36 heavy (non-hydrogen) atoms. The molecule has 2 aromatic carbocycles. The largest absolute Gasteiger partial charge is 0.493 e. The van der Waals surface area contributed by atoms with Crippen LogP contribution in [0, 0.1) is 17.7 Å². The fourth-order valence-corrected chi connectivity index (χ4v) is 3.88. The highest BCUT2D eigenvalue weighted by Crippen LogP contribution is 2.32. The Bertz CT molecular complexity index is 923. The number of aliphatic hydroxyl groups is 1. The number of benzene rings is 2. The highest BCUT2D eigenvalue weighted by Gasteiger charge is 2.27. The Morgan fingerprint density at radius 2 is 1.86 bits per heavy atom. The van der Waals surface area contributed by atoms with Gasteiger partial charge in [-0.15, -0.1) is 0 Å². The van der Waals surface area contributed by atoms with Crippen LogP contribution >= 0.6 is 0 Å². The van der Waals surface area contributed by atoms with Crippen molar-refractivity contribution in [2.24, 2.45) is 17.6 Å². The van der Waals surface area contributed by atoms with Gasteiger partial charge in [0.25, 0.3) is 0 Å². The molecule has 0 saturated heterocycles. The zero-order valence-corrected chi connectivity index (χ0v) is 21.8. The number of carbonyl (C=O) groups is 1. The summed E-state index contributed by atoms with van der Waals surface area (Å²) >= 11 is 0. The molecular weight excluding hydrogens is 463 g/mol. The predicted octanol–water partition coefficient (Wildman–Crippen LogP) is 3.91. The Morgan fingerprint density at radius 3 is 2.50 bits per heavy atom. The fourth-order valence-electron chi connectivity index (χ4n) is 3.88. The third-order valence-electron chi connectivity index (χ3n) is 6.01. The third kappa shape index (κ3) is 9.50. The molecule has 0 aliphatic heterocycles. The summed E-state index contributed by atoms with van der Waals surface area (Å²) in [5.74, 6) is 0.0726. The first-order chi connectivity index (χ1) is 17.3. The molecule has 0 saturated carbocycles. The molecule has 4 N–H and O–H groups in total. The first-order valence-electron chi connectivity index (χ1n) is 12.6. The second-order valence-electron chi connectivity index (χ2n) is 9.26. The molecule has 2 rings (SSSR count). The summed E-state index contributed by atoms with van der Waals surface area (Å²) in [6.07, 6.45) is 0.154. The van der Waals surface area contributed by atoms with Gasteiger partial charge < -0.3 is 30.4 Å². The van der Waals surface area contributed by atoms with Gasteiger partial charge in [-0.25, -0.2) is 4.39 Å². The van der Waals surface area contributed by atoms with E-state index in [0.29, 0.717) is 25.5 Å². The number of nitrogens with one attached hydrogen (secondary N) is 1. The number of rotatable bonds is 16. The number of hydrogen-bond donors (Lipinski definition) is 3. The van der Waals surface area contributed by atoms with E-state index in [0.717, 1.165) is 23.1 Å². The van der Waals surface area contributed by atoms with E-state index in [2.05, 4.69) is 5.32 Å². The van der Waals surface area contributed by atoms with Crippen LogP contribution in [0.2, 0.25) is 0 Å². The maximum absolute atomic E-state index is 13.4. The topological polar surface area (TPSA) is 103 Å². The van der Waals surface area contributed by atoms with Crippen molar-refractivity contribution in [1.82, 2.24) is 5.32 Å². The van der Waals surface area contributed by atoms with Crippen molar-refractivity contribution in [1.29, 1.82) is 0 Å². The van der Waals surface area contributed by atoms with E-state index in [1.165, 1.54) is 12.1 Å². The maximum Gasteiger partial charge on any atom is 0.223 e. The van der Waals surface area contributed by atoms with Crippen molar-refractivity contribution < 1.29 is 28.5 Å². The number of halogens is 1. The van der Waals surface area contributed by atoms with Crippen LogP contribution in [0.5, 0.6) is 5.75 Å². The summed E-state index contributed by atoms with van der Waals surface area (Å²) in [6, 6.07) is 11.4. The summed E-state index contributed by atoms with van der Waals surface area (Å²) in [5, 5.41) is 13.4. The van der Waals surface area contributed by atoms with Crippen molar-refractivity contribution in [3.05, 3.63) is 53.8 Å².